The Morgan fingerprint density at radius 2 is 2.33 bits per heavy atom. The highest BCUT2D eigenvalue weighted by molar-refractivity contribution is 7.99. The molecule has 0 saturated carbocycles. The highest BCUT2D eigenvalue weighted by Gasteiger charge is 2.31. The third-order valence-electron chi connectivity index (χ3n) is 3.76. The summed E-state index contributed by atoms with van der Waals surface area (Å²) in [6, 6.07) is 0.768. The maximum absolute atomic E-state index is 3.71. The Morgan fingerprint density at radius 1 is 1.47 bits per heavy atom. The van der Waals surface area contributed by atoms with E-state index in [1.807, 2.05) is 0 Å². The van der Waals surface area contributed by atoms with Crippen LogP contribution in [0.15, 0.2) is 0 Å². The zero-order valence-corrected chi connectivity index (χ0v) is 10.9. The predicted octanol–water partition coefficient (Wildman–Crippen LogP) is 1.96. The van der Waals surface area contributed by atoms with Gasteiger partial charge in [-0.2, -0.15) is 11.8 Å². The fourth-order valence-electron chi connectivity index (χ4n) is 2.70. The summed E-state index contributed by atoms with van der Waals surface area (Å²) in [6.07, 6.45) is 4.12. The van der Waals surface area contributed by atoms with E-state index in [1.165, 1.54) is 50.4 Å². The standard InChI is InChI=1S/C12H24N2S/c1-11-9-15-8-7-14(11)10-12(2)5-3-4-6-13-12/h11,13H,3-10H2,1-2H3. The van der Waals surface area contributed by atoms with E-state index in [4.69, 9.17) is 0 Å². The number of nitrogens with one attached hydrogen (secondary N) is 1. The quantitative estimate of drug-likeness (QED) is 0.778. The molecule has 2 heterocycles. The lowest BCUT2D eigenvalue weighted by atomic mass is 9.90. The van der Waals surface area contributed by atoms with E-state index in [-0.39, 0.29) is 0 Å². The molecule has 0 bridgehead atoms. The molecule has 2 rings (SSSR count). The van der Waals surface area contributed by atoms with Crippen molar-refractivity contribution < 1.29 is 0 Å². The zero-order chi connectivity index (χ0) is 10.7. The van der Waals surface area contributed by atoms with Crippen molar-refractivity contribution >= 4 is 11.8 Å². The molecule has 2 aliphatic rings. The second-order valence-electron chi connectivity index (χ2n) is 5.34. The molecule has 0 amide bonds. The van der Waals surface area contributed by atoms with Crippen LogP contribution in [0.3, 0.4) is 0 Å². The van der Waals surface area contributed by atoms with E-state index in [0.717, 1.165) is 6.04 Å². The average molecular weight is 228 g/mol. The van der Waals surface area contributed by atoms with Crippen molar-refractivity contribution in [2.24, 2.45) is 0 Å². The molecule has 0 aliphatic carbocycles. The van der Waals surface area contributed by atoms with Gasteiger partial charge in [0.05, 0.1) is 0 Å². The molecule has 15 heavy (non-hydrogen) atoms. The van der Waals surface area contributed by atoms with Gasteiger partial charge in [0.15, 0.2) is 0 Å². The Morgan fingerprint density at radius 3 is 3.00 bits per heavy atom. The molecule has 0 radical (unpaired) electrons. The van der Waals surface area contributed by atoms with Crippen molar-refractivity contribution in [2.75, 3.05) is 31.1 Å². The van der Waals surface area contributed by atoms with Crippen molar-refractivity contribution in [1.29, 1.82) is 0 Å². The van der Waals surface area contributed by atoms with Crippen LogP contribution >= 0.6 is 11.8 Å². The van der Waals surface area contributed by atoms with Crippen LogP contribution in [0.4, 0.5) is 0 Å². The van der Waals surface area contributed by atoms with Crippen LogP contribution < -0.4 is 5.32 Å². The number of nitrogens with zero attached hydrogens (tertiary/aromatic N) is 1. The van der Waals surface area contributed by atoms with Crippen LogP contribution in [0, 0.1) is 0 Å². The van der Waals surface area contributed by atoms with Gasteiger partial charge in [0.1, 0.15) is 0 Å². The average Bonchev–Trinajstić information content (AvgIpc) is 2.22. The van der Waals surface area contributed by atoms with Gasteiger partial charge in [-0.3, -0.25) is 4.90 Å². The van der Waals surface area contributed by atoms with Crippen LogP contribution in [0.5, 0.6) is 0 Å². The molecule has 1 N–H and O–H groups in total. The van der Waals surface area contributed by atoms with Crippen LogP contribution in [0.25, 0.3) is 0 Å². The van der Waals surface area contributed by atoms with E-state index in [2.05, 4.69) is 35.8 Å². The van der Waals surface area contributed by atoms with Crippen molar-refractivity contribution in [2.45, 2.75) is 44.7 Å². The zero-order valence-electron chi connectivity index (χ0n) is 10.1. The van der Waals surface area contributed by atoms with Gasteiger partial charge in [0.25, 0.3) is 0 Å². The Hall–Kier alpha value is 0.270. The SMILES string of the molecule is CC1CSCCN1CC1(C)CCCCN1. The van der Waals surface area contributed by atoms with E-state index < -0.39 is 0 Å². The van der Waals surface area contributed by atoms with Gasteiger partial charge in [-0.1, -0.05) is 6.42 Å². The Labute approximate surface area is 98.2 Å². The maximum Gasteiger partial charge on any atom is 0.0280 e. The monoisotopic (exact) mass is 228 g/mol. The van der Waals surface area contributed by atoms with Gasteiger partial charge in [-0.25, -0.2) is 0 Å². The second kappa shape index (κ2) is 5.07. The number of piperidine rings is 1. The predicted molar refractivity (Wildman–Crippen MR) is 68.6 cm³/mol. The molecular weight excluding hydrogens is 204 g/mol. The third-order valence-corrected chi connectivity index (χ3v) is 4.95. The summed E-state index contributed by atoms with van der Waals surface area (Å²) in [7, 11) is 0. The minimum Gasteiger partial charge on any atom is -0.310 e. The molecule has 2 fully saturated rings. The van der Waals surface area contributed by atoms with Crippen LogP contribution in [0.2, 0.25) is 0 Å². The van der Waals surface area contributed by atoms with Gasteiger partial charge in [0, 0.05) is 36.2 Å². The van der Waals surface area contributed by atoms with Gasteiger partial charge in [-0.05, 0) is 33.2 Å². The summed E-state index contributed by atoms with van der Waals surface area (Å²) < 4.78 is 0. The van der Waals surface area contributed by atoms with Gasteiger partial charge in [-0.15, -0.1) is 0 Å². The summed E-state index contributed by atoms with van der Waals surface area (Å²) in [5.41, 5.74) is 0.383. The Balaban J connectivity index is 1.88. The number of rotatable bonds is 2. The lowest BCUT2D eigenvalue weighted by Crippen LogP contribution is -2.56. The molecule has 88 valence electrons. The molecule has 3 heteroatoms. The molecular formula is C12H24N2S. The van der Waals surface area contributed by atoms with Crippen molar-refractivity contribution in [3.63, 3.8) is 0 Å². The lowest BCUT2D eigenvalue weighted by Gasteiger charge is -2.43. The molecule has 0 aromatic carbocycles. The molecule has 2 aliphatic heterocycles. The van der Waals surface area contributed by atoms with Gasteiger partial charge < -0.3 is 5.32 Å². The molecule has 2 saturated heterocycles. The Kier molecular flexibility index (Phi) is 3.97. The van der Waals surface area contributed by atoms with Crippen molar-refractivity contribution in [1.82, 2.24) is 10.2 Å². The molecule has 2 nitrogen and oxygen atoms in total. The van der Waals surface area contributed by atoms with E-state index >= 15 is 0 Å². The highest BCUT2D eigenvalue weighted by Crippen LogP contribution is 2.23. The molecule has 2 atom stereocenters. The number of thioether (sulfide) groups is 1. The fraction of sp³-hybridized carbons (Fsp3) is 1.00. The maximum atomic E-state index is 3.71. The molecule has 0 spiro atoms. The number of hydrogen-bond acceptors (Lipinski definition) is 3. The van der Waals surface area contributed by atoms with Crippen LogP contribution in [-0.2, 0) is 0 Å². The van der Waals surface area contributed by atoms with Crippen LogP contribution in [0.1, 0.15) is 33.1 Å². The summed E-state index contributed by atoms with van der Waals surface area (Å²) in [5.74, 6) is 2.64. The van der Waals surface area contributed by atoms with E-state index in [0.29, 0.717) is 5.54 Å². The van der Waals surface area contributed by atoms with Gasteiger partial charge in [0.2, 0.25) is 0 Å². The molecule has 0 aromatic rings. The lowest BCUT2D eigenvalue weighted by molar-refractivity contribution is 0.142. The first-order valence-corrected chi connectivity index (χ1v) is 7.42. The van der Waals surface area contributed by atoms with Crippen molar-refractivity contribution in [3.05, 3.63) is 0 Å². The Bertz CT molecular complexity index is 202. The number of hydrogen-bond donors (Lipinski definition) is 1. The van der Waals surface area contributed by atoms with Crippen molar-refractivity contribution in [3.8, 4) is 0 Å². The first-order valence-electron chi connectivity index (χ1n) is 6.26. The summed E-state index contributed by atoms with van der Waals surface area (Å²) >= 11 is 2.11. The largest absolute Gasteiger partial charge is 0.310 e. The third kappa shape index (κ3) is 3.11. The smallest absolute Gasteiger partial charge is 0.0280 e. The minimum atomic E-state index is 0.383. The first-order chi connectivity index (χ1) is 7.20. The fourth-order valence-corrected chi connectivity index (χ4v) is 3.78. The van der Waals surface area contributed by atoms with E-state index in [1.54, 1.807) is 0 Å². The summed E-state index contributed by atoms with van der Waals surface area (Å²) in [5, 5.41) is 3.71. The summed E-state index contributed by atoms with van der Waals surface area (Å²) in [4.78, 5) is 2.68. The normalized spacial score (nSPS) is 39.2. The molecule has 0 aromatic heterocycles. The second-order valence-corrected chi connectivity index (χ2v) is 6.49. The minimum absolute atomic E-state index is 0.383. The van der Waals surface area contributed by atoms with Gasteiger partial charge >= 0.3 is 0 Å². The molecule has 2 unspecified atom stereocenters. The van der Waals surface area contributed by atoms with E-state index in [9.17, 15) is 0 Å². The topological polar surface area (TPSA) is 15.3 Å². The summed E-state index contributed by atoms with van der Waals surface area (Å²) in [6.45, 7) is 8.52. The van der Waals surface area contributed by atoms with Crippen LogP contribution in [-0.4, -0.2) is 47.6 Å². The highest BCUT2D eigenvalue weighted by atomic mass is 32.2. The first kappa shape index (κ1) is 11.7.